The summed E-state index contributed by atoms with van der Waals surface area (Å²) in [5, 5.41) is 9.10. The summed E-state index contributed by atoms with van der Waals surface area (Å²) in [5.74, 6) is -0.840. The van der Waals surface area contributed by atoms with Crippen LogP contribution in [0.15, 0.2) is 30.3 Å². The first kappa shape index (κ1) is 18.3. The lowest BCUT2D eigenvalue weighted by Gasteiger charge is -2.40. The first-order valence-corrected chi connectivity index (χ1v) is 8.40. The van der Waals surface area contributed by atoms with Gasteiger partial charge in [-0.2, -0.15) is 0 Å². The summed E-state index contributed by atoms with van der Waals surface area (Å²) >= 11 is 0. The molecule has 132 valence electrons. The van der Waals surface area contributed by atoms with Gasteiger partial charge in [0.25, 0.3) is 0 Å². The second-order valence-corrected chi connectivity index (χ2v) is 6.44. The monoisotopic (exact) mass is 334 g/mol. The molecule has 1 aliphatic rings. The van der Waals surface area contributed by atoms with Crippen LogP contribution in [-0.2, 0) is 16.1 Å². The van der Waals surface area contributed by atoms with Crippen LogP contribution in [0, 0.1) is 0 Å². The van der Waals surface area contributed by atoms with E-state index in [1.807, 2.05) is 49.1 Å². The van der Waals surface area contributed by atoms with E-state index in [-0.39, 0.29) is 31.3 Å². The second kappa shape index (κ2) is 8.68. The van der Waals surface area contributed by atoms with Gasteiger partial charge in [0, 0.05) is 25.2 Å². The Morgan fingerprint density at radius 3 is 2.67 bits per heavy atom. The number of hydrogen-bond acceptors (Lipinski definition) is 4. The molecule has 1 unspecified atom stereocenters. The quantitative estimate of drug-likeness (QED) is 0.866. The number of carbonyl (C=O) groups excluding carboxylic acids is 1. The van der Waals surface area contributed by atoms with Crippen LogP contribution in [0.2, 0.25) is 0 Å². The van der Waals surface area contributed by atoms with E-state index in [9.17, 15) is 9.59 Å². The van der Waals surface area contributed by atoms with Gasteiger partial charge >= 0.3 is 12.1 Å². The fraction of sp³-hybridized carbons (Fsp3) is 0.556. The fourth-order valence-electron chi connectivity index (χ4n) is 3.09. The van der Waals surface area contributed by atoms with Crippen molar-refractivity contribution in [2.24, 2.45) is 0 Å². The molecule has 1 aromatic rings. The van der Waals surface area contributed by atoms with E-state index in [2.05, 4.69) is 0 Å². The highest BCUT2D eigenvalue weighted by molar-refractivity contribution is 5.69. The van der Waals surface area contributed by atoms with Gasteiger partial charge in [-0.3, -0.25) is 9.69 Å². The van der Waals surface area contributed by atoms with Crippen molar-refractivity contribution in [3.8, 4) is 0 Å². The molecule has 0 bridgehead atoms. The smallest absolute Gasteiger partial charge is 0.410 e. The van der Waals surface area contributed by atoms with Gasteiger partial charge in [0.1, 0.15) is 6.61 Å². The molecule has 0 saturated carbocycles. The molecule has 1 aliphatic heterocycles. The molecule has 1 aromatic carbocycles. The molecule has 1 atom stereocenters. The molecule has 0 spiro atoms. The molecule has 0 aliphatic carbocycles. The maximum absolute atomic E-state index is 12.3. The van der Waals surface area contributed by atoms with Crippen LogP contribution in [0.25, 0.3) is 0 Å². The van der Waals surface area contributed by atoms with Crippen molar-refractivity contribution in [3.05, 3.63) is 35.9 Å². The number of piperidine rings is 1. The Labute approximate surface area is 143 Å². The predicted octanol–water partition coefficient (Wildman–Crippen LogP) is 2.58. The highest BCUT2D eigenvalue weighted by Gasteiger charge is 2.30. The van der Waals surface area contributed by atoms with E-state index in [4.69, 9.17) is 9.84 Å². The predicted molar refractivity (Wildman–Crippen MR) is 90.7 cm³/mol. The normalized spacial score (nSPS) is 18.0. The van der Waals surface area contributed by atoms with E-state index in [0.717, 1.165) is 18.4 Å². The maximum Gasteiger partial charge on any atom is 0.410 e. The van der Waals surface area contributed by atoms with Crippen molar-refractivity contribution in [3.63, 3.8) is 0 Å². The number of ether oxygens (including phenoxy) is 1. The van der Waals surface area contributed by atoms with Crippen LogP contribution < -0.4 is 0 Å². The average Bonchev–Trinajstić information content (AvgIpc) is 2.58. The molecule has 6 heteroatoms. The summed E-state index contributed by atoms with van der Waals surface area (Å²) in [6, 6.07) is 9.74. The number of hydrogen-bond donors (Lipinski definition) is 1. The fourth-order valence-corrected chi connectivity index (χ4v) is 3.09. The lowest BCUT2D eigenvalue weighted by Crippen LogP contribution is -2.53. The van der Waals surface area contributed by atoms with Crippen molar-refractivity contribution in [1.82, 2.24) is 9.80 Å². The minimum atomic E-state index is -0.840. The molecule has 1 fully saturated rings. The van der Waals surface area contributed by atoms with Crippen LogP contribution in [0.5, 0.6) is 0 Å². The number of carboxylic acid groups (broad SMARTS) is 1. The van der Waals surface area contributed by atoms with Crippen molar-refractivity contribution < 1.29 is 19.4 Å². The molecular formula is C18H26N2O4. The maximum atomic E-state index is 12.3. The molecule has 2 rings (SSSR count). The first-order chi connectivity index (χ1) is 11.5. The Morgan fingerprint density at radius 2 is 2.04 bits per heavy atom. The first-order valence-electron chi connectivity index (χ1n) is 8.40. The lowest BCUT2D eigenvalue weighted by atomic mass is 10.0. The molecule has 1 amide bonds. The summed E-state index contributed by atoms with van der Waals surface area (Å²) in [7, 11) is 0. The van der Waals surface area contributed by atoms with Gasteiger partial charge in [-0.25, -0.2) is 4.79 Å². The SMILES string of the molecule is CC(C)N(CC(=O)O)C1CCCN(C(=O)OCc2ccccc2)C1. The molecule has 24 heavy (non-hydrogen) atoms. The van der Waals surface area contributed by atoms with E-state index in [0.29, 0.717) is 13.1 Å². The van der Waals surface area contributed by atoms with Crippen molar-refractivity contribution in [2.75, 3.05) is 19.6 Å². The van der Waals surface area contributed by atoms with Gasteiger partial charge in [-0.05, 0) is 32.3 Å². The van der Waals surface area contributed by atoms with Crippen LogP contribution >= 0.6 is 0 Å². The average molecular weight is 334 g/mol. The lowest BCUT2D eigenvalue weighted by molar-refractivity contribution is -0.139. The zero-order valence-corrected chi connectivity index (χ0v) is 14.4. The zero-order valence-electron chi connectivity index (χ0n) is 14.4. The minimum absolute atomic E-state index is 0.00473. The van der Waals surface area contributed by atoms with E-state index < -0.39 is 5.97 Å². The summed E-state index contributed by atoms with van der Waals surface area (Å²) in [6.45, 7) is 5.38. The van der Waals surface area contributed by atoms with Crippen LogP contribution in [0.3, 0.4) is 0 Å². The second-order valence-electron chi connectivity index (χ2n) is 6.44. The topological polar surface area (TPSA) is 70.1 Å². The Morgan fingerprint density at radius 1 is 1.33 bits per heavy atom. The Bertz CT molecular complexity index is 547. The number of aliphatic carboxylic acids is 1. The number of nitrogens with zero attached hydrogens (tertiary/aromatic N) is 2. The Hall–Kier alpha value is -2.08. The van der Waals surface area contributed by atoms with Gasteiger partial charge in [-0.1, -0.05) is 30.3 Å². The summed E-state index contributed by atoms with van der Waals surface area (Å²) in [6.07, 6.45) is 1.42. The molecule has 1 saturated heterocycles. The van der Waals surface area contributed by atoms with Gasteiger partial charge < -0.3 is 14.7 Å². The van der Waals surface area contributed by atoms with Gasteiger partial charge in [-0.15, -0.1) is 0 Å². The molecule has 1 heterocycles. The number of carboxylic acids is 1. The standard InChI is InChI=1S/C18H26N2O4/c1-14(2)20(12-17(21)22)16-9-6-10-19(11-16)18(23)24-13-15-7-4-3-5-8-15/h3-5,7-8,14,16H,6,9-13H2,1-2H3,(H,21,22). The number of benzene rings is 1. The van der Waals surface area contributed by atoms with Crippen molar-refractivity contribution in [2.45, 2.75) is 45.4 Å². The summed E-state index contributed by atoms with van der Waals surface area (Å²) < 4.78 is 5.39. The van der Waals surface area contributed by atoms with Crippen LogP contribution in [0.1, 0.15) is 32.3 Å². The zero-order chi connectivity index (χ0) is 17.5. The molecule has 6 nitrogen and oxygen atoms in total. The third-order valence-electron chi connectivity index (χ3n) is 4.31. The van der Waals surface area contributed by atoms with Gasteiger partial charge in [0.05, 0.1) is 6.54 Å². The highest BCUT2D eigenvalue weighted by Crippen LogP contribution is 2.19. The van der Waals surface area contributed by atoms with E-state index in [1.54, 1.807) is 4.90 Å². The minimum Gasteiger partial charge on any atom is -0.480 e. The Kier molecular flexibility index (Phi) is 6.61. The highest BCUT2D eigenvalue weighted by atomic mass is 16.6. The number of carbonyl (C=O) groups is 2. The van der Waals surface area contributed by atoms with E-state index in [1.165, 1.54) is 0 Å². The third-order valence-corrected chi connectivity index (χ3v) is 4.31. The van der Waals surface area contributed by atoms with Gasteiger partial charge in [0.2, 0.25) is 0 Å². The van der Waals surface area contributed by atoms with E-state index >= 15 is 0 Å². The largest absolute Gasteiger partial charge is 0.480 e. The third kappa shape index (κ3) is 5.23. The van der Waals surface area contributed by atoms with Crippen LogP contribution in [-0.4, -0.2) is 58.7 Å². The Balaban J connectivity index is 1.91. The molecular weight excluding hydrogens is 308 g/mol. The van der Waals surface area contributed by atoms with Gasteiger partial charge in [0.15, 0.2) is 0 Å². The molecule has 0 radical (unpaired) electrons. The summed E-state index contributed by atoms with van der Waals surface area (Å²) in [5.41, 5.74) is 0.953. The molecule has 0 aromatic heterocycles. The molecule has 1 N–H and O–H groups in total. The van der Waals surface area contributed by atoms with Crippen molar-refractivity contribution >= 4 is 12.1 Å². The summed E-state index contributed by atoms with van der Waals surface area (Å²) in [4.78, 5) is 27.0. The number of amides is 1. The number of rotatable bonds is 6. The van der Waals surface area contributed by atoms with Crippen molar-refractivity contribution in [1.29, 1.82) is 0 Å². The number of likely N-dealkylation sites (tertiary alicyclic amines) is 1. The van der Waals surface area contributed by atoms with Crippen LogP contribution in [0.4, 0.5) is 4.79 Å².